The van der Waals surface area contributed by atoms with Crippen LogP contribution in [0, 0.1) is 17.8 Å². The second-order valence-electron chi connectivity index (χ2n) is 4.79. The molecule has 1 heteroatoms. The van der Waals surface area contributed by atoms with Crippen LogP contribution in [0.3, 0.4) is 0 Å². The van der Waals surface area contributed by atoms with E-state index < -0.39 is 0 Å². The average molecular weight is 181 g/mol. The average Bonchev–Trinajstić information content (AvgIpc) is 2.58. The van der Waals surface area contributed by atoms with E-state index in [9.17, 15) is 0 Å². The molecular weight excluding hydrogens is 158 g/mol. The standard InChI is InChI=1S/C12H23N/c1-3-6-11(13-4-2)12-9-7-5-8-10(9)12/h9-13H,3-8H2,1-2H3. The number of fused-ring (bicyclic) bond motifs is 1. The molecule has 3 atom stereocenters. The van der Waals surface area contributed by atoms with Gasteiger partial charge in [-0.15, -0.1) is 0 Å². The van der Waals surface area contributed by atoms with E-state index in [1.165, 1.54) is 32.1 Å². The molecule has 0 aromatic carbocycles. The van der Waals surface area contributed by atoms with Crippen molar-refractivity contribution >= 4 is 0 Å². The molecule has 0 spiro atoms. The molecule has 1 nitrogen and oxygen atoms in total. The van der Waals surface area contributed by atoms with E-state index >= 15 is 0 Å². The van der Waals surface area contributed by atoms with Gasteiger partial charge in [0.05, 0.1) is 0 Å². The molecule has 0 amide bonds. The quantitative estimate of drug-likeness (QED) is 0.687. The van der Waals surface area contributed by atoms with Crippen molar-refractivity contribution in [3.63, 3.8) is 0 Å². The highest BCUT2D eigenvalue weighted by Crippen LogP contribution is 2.59. The van der Waals surface area contributed by atoms with Crippen LogP contribution < -0.4 is 5.32 Å². The second-order valence-corrected chi connectivity index (χ2v) is 4.79. The van der Waals surface area contributed by atoms with Crippen LogP contribution in [0.5, 0.6) is 0 Å². The van der Waals surface area contributed by atoms with Crippen molar-refractivity contribution in [1.82, 2.24) is 5.32 Å². The van der Waals surface area contributed by atoms with Crippen molar-refractivity contribution < 1.29 is 0 Å². The summed E-state index contributed by atoms with van der Waals surface area (Å²) in [5, 5.41) is 3.67. The molecule has 0 aromatic heterocycles. The molecule has 0 radical (unpaired) electrons. The van der Waals surface area contributed by atoms with Gasteiger partial charge in [0.15, 0.2) is 0 Å². The minimum absolute atomic E-state index is 0.852. The van der Waals surface area contributed by atoms with Crippen LogP contribution in [0.15, 0.2) is 0 Å². The molecule has 3 unspecified atom stereocenters. The Hall–Kier alpha value is -0.0400. The molecular formula is C12H23N. The first-order valence-electron chi connectivity index (χ1n) is 6.11. The highest BCUT2D eigenvalue weighted by atomic mass is 14.9. The van der Waals surface area contributed by atoms with Gasteiger partial charge >= 0.3 is 0 Å². The van der Waals surface area contributed by atoms with Gasteiger partial charge in [-0.05, 0) is 43.6 Å². The second kappa shape index (κ2) is 4.00. The monoisotopic (exact) mass is 181 g/mol. The Kier molecular flexibility index (Phi) is 2.92. The molecule has 0 saturated heterocycles. The summed E-state index contributed by atoms with van der Waals surface area (Å²) < 4.78 is 0. The third kappa shape index (κ3) is 1.76. The summed E-state index contributed by atoms with van der Waals surface area (Å²) >= 11 is 0. The first-order chi connectivity index (χ1) is 6.38. The predicted octanol–water partition coefficient (Wildman–Crippen LogP) is 2.81. The summed E-state index contributed by atoms with van der Waals surface area (Å²) in [4.78, 5) is 0. The fourth-order valence-corrected chi connectivity index (χ4v) is 3.48. The van der Waals surface area contributed by atoms with Gasteiger partial charge in [0, 0.05) is 6.04 Å². The normalized spacial score (nSPS) is 38.8. The molecule has 2 rings (SSSR count). The van der Waals surface area contributed by atoms with Crippen LogP contribution in [-0.2, 0) is 0 Å². The summed E-state index contributed by atoms with van der Waals surface area (Å²) in [6.07, 6.45) is 7.30. The van der Waals surface area contributed by atoms with E-state index in [0.717, 1.165) is 30.3 Å². The van der Waals surface area contributed by atoms with Crippen LogP contribution in [0.4, 0.5) is 0 Å². The molecule has 1 N–H and O–H groups in total. The van der Waals surface area contributed by atoms with Crippen molar-refractivity contribution in [2.45, 2.75) is 52.0 Å². The molecule has 0 aliphatic heterocycles. The maximum atomic E-state index is 3.67. The maximum Gasteiger partial charge on any atom is 0.0101 e. The predicted molar refractivity (Wildman–Crippen MR) is 56.7 cm³/mol. The maximum absolute atomic E-state index is 3.67. The SMILES string of the molecule is CCCC(NCC)C1C2CCCC21. The Bertz CT molecular complexity index is 151. The summed E-state index contributed by atoms with van der Waals surface area (Å²) in [5.74, 6) is 3.31. The van der Waals surface area contributed by atoms with E-state index in [1.807, 2.05) is 0 Å². The van der Waals surface area contributed by atoms with Crippen molar-refractivity contribution in [2.75, 3.05) is 6.54 Å². The first kappa shape index (κ1) is 9.51. The Morgan fingerprint density at radius 3 is 2.46 bits per heavy atom. The fraction of sp³-hybridized carbons (Fsp3) is 1.00. The molecule has 2 fully saturated rings. The van der Waals surface area contributed by atoms with Crippen LogP contribution in [-0.4, -0.2) is 12.6 Å². The number of hydrogen-bond acceptors (Lipinski definition) is 1. The van der Waals surface area contributed by atoms with Gasteiger partial charge in [-0.1, -0.05) is 26.7 Å². The first-order valence-corrected chi connectivity index (χ1v) is 6.11. The van der Waals surface area contributed by atoms with Gasteiger partial charge in [0.25, 0.3) is 0 Å². The fourth-order valence-electron chi connectivity index (χ4n) is 3.48. The Labute approximate surface area is 82.3 Å². The van der Waals surface area contributed by atoms with Crippen molar-refractivity contribution in [1.29, 1.82) is 0 Å². The lowest BCUT2D eigenvalue weighted by Gasteiger charge is -2.18. The van der Waals surface area contributed by atoms with E-state index in [-0.39, 0.29) is 0 Å². The van der Waals surface area contributed by atoms with Crippen molar-refractivity contribution in [2.24, 2.45) is 17.8 Å². The summed E-state index contributed by atoms with van der Waals surface area (Å²) in [6, 6.07) is 0.852. The van der Waals surface area contributed by atoms with E-state index in [0.29, 0.717) is 0 Å². The van der Waals surface area contributed by atoms with Crippen molar-refractivity contribution in [3.05, 3.63) is 0 Å². The molecule has 13 heavy (non-hydrogen) atoms. The summed E-state index contributed by atoms with van der Waals surface area (Å²) in [5.41, 5.74) is 0. The lowest BCUT2D eigenvalue weighted by atomic mass is 10.00. The zero-order valence-electron chi connectivity index (χ0n) is 9.05. The van der Waals surface area contributed by atoms with Crippen molar-refractivity contribution in [3.8, 4) is 0 Å². The highest BCUT2D eigenvalue weighted by molar-refractivity contribution is 5.05. The zero-order chi connectivity index (χ0) is 9.26. The van der Waals surface area contributed by atoms with Gasteiger partial charge < -0.3 is 5.32 Å². The van der Waals surface area contributed by atoms with Crippen LogP contribution in [0.1, 0.15) is 46.0 Å². The molecule has 0 bridgehead atoms. The topological polar surface area (TPSA) is 12.0 Å². The van der Waals surface area contributed by atoms with Gasteiger partial charge in [-0.25, -0.2) is 0 Å². The molecule has 0 aromatic rings. The Morgan fingerprint density at radius 1 is 1.23 bits per heavy atom. The minimum atomic E-state index is 0.852. The molecule has 2 saturated carbocycles. The zero-order valence-corrected chi connectivity index (χ0v) is 9.05. The van der Waals surface area contributed by atoms with Crippen LogP contribution in [0.25, 0.3) is 0 Å². The van der Waals surface area contributed by atoms with Gasteiger partial charge in [-0.2, -0.15) is 0 Å². The molecule has 0 heterocycles. The third-order valence-corrected chi connectivity index (χ3v) is 4.00. The van der Waals surface area contributed by atoms with E-state index in [1.54, 1.807) is 0 Å². The molecule has 2 aliphatic carbocycles. The molecule has 76 valence electrons. The number of rotatable bonds is 5. The Balaban J connectivity index is 1.83. The summed E-state index contributed by atoms with van der Waals surface area (Å²) in [7, 11) is 0. The summed E-state index contributed by atoms with van der Waals surface area (Å²) in [6.45, 7) is 5.70. The highest BCUT2D eigenvalue weighted by Gasteiger charge is 2.55. The molecule has 2 aliphatic rings. The van der Waals surface area contributed by atoms with Gasteiger partial charge in [-0.3, -0.25) is 0 Å². The number of nitrogens with one attached hydrogen (secondary N) is 1. The number of hydrogen-bond donors (Lipinski definition) is 1. The Morgan fingerprint density at radius 2 is 1.92 bits per heavy atom. The van der Waals surface area contributed by atoms with Crippen LogP contribution in [0.2, 0.25) is 0 Å². The third-order valence-electron chi connectivity index (χ3n) is 4.00. The van der Waals surface area contributed by atoms with E-state index in [2.05, 4.69) is 19.2 Å². The lowest BCUT2D eigenvalue weighted by Crippen LogP contribution is -2.32. The smallest absolute Gasteiger partial charge is 0.0101 e. The largest absolute Gasteiger partial charge is 0.314 e. The van der Waals surface area contributed by atoms with Gasteiger partial charge in [0.1, 0.15) is 0 Å². The lowest BCUT2D eigenvalue weighted by molar-refractivity contribution is 0.389. The van der Waals surface area contributed by atoms with E-state index in [4.69, 9.17) is 0 Å². The minimum Gasteiger partial charge on any atom is -0.314 e. The van der Waals surface area contributed by atoms with Gasteiger partial charge in [0.2, 0.25) is 0 Å². The van der Waals surface area contributed by atoms with Crippen LogP contribution >= 0.6 is 0 Å².